The van der Waals surface area contributed by atoms with E-state index in [0.717, 1.165) is 34.3 Å². The second kappa shape index (κ2) is 4.83. The first kappa shape index (κ1) is 14.6. The lowest BCUT2D eigenvalue weighted by Gasteiger charge is -2.08. The number of carboxylic acid groups (broad SMARTS) is 1. The van der Waals surface area contributed by atoms with E-state index in [4.69, 9.17) is 4.98 Å². The SMILES string of the molecule is CCCn1c(C2C(C(=O)O)C2(C)C)nc2cc(Br)ccc21. The summed E-state index contributed by atoms with van der Waals surface area (Å²) in [5, 5.41) is 9.42. The molecular formula is C16H19BrN2O2. The van der Waals surface area contributed by atoms with Gasteiger partial charge in [0.15, 0.2) is 0 Å². The molecule has 3 rings (SSSR count). The van der Waals surface area contributed by atoms with E-state index in [1.165, 1.54) is 0 Å². The molecule has 1 fully saturated rings. The second-order valence-corrected chi connectivity index (χ2v) is 7.29. The number of rotatable bonds is 4. The Morgan fingerprint density at radius 2 is 2.19 bits per heavy atom. The minimum atomic E-state index is -0.721. The van der Waals surface area contributed by atoms with Crippen molar-refractivity contribution in [2.24, 2.45) is 11.3 Å². The van der Waals surface area contributed by atoms with Crippen molar-refractivity contribution >= 4 is 32.9 Å². The Labute approximate surface area is 132 Å². The van der Waals surface area contributed by atoms with Crippen molar-refractivity contribution < 1.29 is 9.90 Å². The predicted octanol–water partition coefficient (Wildman–Crippen LogP) is 4.03. The van der Waals surface area contributed by atoms with Crippen molar-refractivity contribution in [3.63, 3.8) is 0 Å². The van der Waals surface area contributed by atoms with E-state index in [-0.39, 0.29) is 17.3 Å². The van der Waals surface area contributed by atoms with Crippen molar-refractivity contribution in [3.05, 3.63) is 28.5 Å². The molecule has 2 atom stereocenters. The molecular weight excluding hydrogens is 332 g/mol. The second-order valence-electron chi connectivity index (χ2n) is 6.37. The van der Waals surface area contributed by atoms with Crippen LogP contribution in [0.1, 0.15) is 38.9 Å². The first-order valence-corrected chi connectivity index (χ1v) is 8.05. The number of halogens is 1. The summed E-state index contributed by atoms with van der Waals surface area (Å²) in [5.74, 6) is -0.148. The fourth-order valence-electron chi connectivity index (χ4n) is 3.40. The highest BCUT2D eigenvalue weighted by atomic mass is 79.9. The monoisotopic (exact) mass is 350 g/mol. The van der Waals surface area contributed by atoms with Crippen LogP contribution in [0.5, 0.6) is 0 Å². The van der Waals surface area contributed by atoms with Gasteiger partial charge in [0, 0.05) is 16.9 Å². The normalized spacial score (nSPS) is 23.4. The fraction of sp³-hybridized carbons (Fsp3) is 0.500. The molecule has 21 heavy (non-hydrogen) atoms. The maximum absolute atomic E-state index is 11.5. The Bertz CT molecular complexity index is 720. The number of nitrogens with zero attached hydrogens (tertiary/aromatic N) is 2. The van der Waals surface area contributed by atoms with Crippen LogP contribution in [0.4, 0.5) is 0 Å². The lowest BCUT2D eigenvalue weighted by molar-refractivity contribution is -0.139. The van der Waals surface area contributed by atoms with Crippen LogP contribution in [-0.4, -0.2) is 20.6 Å². The topological polar surface area (TPSA) is 55.1 Å². The third-order valence-electron chi connectivity index (χ3n) is 4.56. The molecule has 0 bridgehead atoms. The first-order valence-electron chi connectivity index (χ1n) is 7.26. The molecule has 0 amide bonds. The molecule has 1 aliphatic carbocycles. The van der Waals surface area contributed by atoms with E-state index < -0.39 is 5.97 Å². The van der Waals surface area contributed by atoms with Crippen LogP contribution in [-0.2, 0) is 11.3 Å². The Balaban J connectivity index is 2.14. The number of hydrogen-bond acceptors (Lipinski definition) is 2. The van der Waals surface area contributed by atoms with Crippen molar-refractivity contribution in [1.29, 1.82) is 0 Å². The van der Waals surface area contributed by atoms with Gasteiger partial charge in [0.2, 0.25) is 0 Å². The molecule has 0 radical (unpaired) electrons. The summed E-state index contributed by atoms with van der Waals surface area (Å²) in [6.07, 6.45) is 0.999. The van der Waals surface area contributed by atoms with Gasteiger partial charge in [0.05, 0.1) is 17.0 Å². The van der Waals surface area contributed by atoms with Crippen molar-refractivity contribution in [1.82, 2.24) is 9.55 Å². The van der Waals surface area contributed by atoms with Gasteiger partial charge in [-0.25, -0.2) is 4.98 Å². The van der Waals surface area contributed by atoms with E-state index in [2.05, 4.69) is 33.5 Å². The minimum Gasteiger partial charge on any atom is -0.481 e. The fourth-order valence-corrected chi connectivity index (χ4v) is 3.75. The third-order valence-corrected chi connectivity index (χ3v) is 5.05. The molecule has 1 aromatic carbocycles. The van der Waals surface area contributed by atoms with Gasteiger partial charge in [-0.2, -0.15) is 0 Å². The van der Waals surface area contributed by atoms with E-state index in [1.54, 1.807) is 0 Å². The highest BCUT2D eigenvalue weighted by molar-refractivity contribution is 9.10. The third kappa shape index (κ3) is 2.18. The first-order chi connectivity index (χ1) is 9.87. The van der Waals surface area contributed by atoms with Crippen LogP contribution in [0.25, 0.3) is 11.0 Å². The van der Waals surface area contributed by atoms with Crippen LogP contribution < -0.4 is 0 Å². The molecule has 1 heterocycles. The average molecular weight is 351 g/mol. The summed E-state index contributed by atoms with van der Waals surface area (Å²) in [4.78, 5) is 16.2. The number of fused-ring (bicyclic) bond motifs is 1. The minimum absolute atomic E-state index is 0.00674. The molecule has 0 spiro atoms. The summed E-state index contributed by atoms with van der Waals surface area (Å²) in [7, 11) is 0. The lowest BCUT2D eigenvalue weighted by Crippen LogP contribution is -2.05. The van der Waals surface area contributed by atoms with Gasteiger partial charge < -0.3 is 9.67 Å². The van der Waals surface area contributed by atoms with Crippen LogP contribution in [0, 0.1) is 11.3 Å². The van der Waals surface area contributed by atoms with Crippen LogP contribution >= 0.6 is 15.9 Å². The maximum atomic E-state index is 11.5. The number of carboxylic acids is 1. The van der Waals surface area contributed by atoms with Gasteiger partial charge in [-0.15, -0.1) is 0 Å². The summed E-state index contributed by atoms with van der Waals surface area (Å²) in [5.41, 5.74) is 1.79. The van der Waals surface area contributed by atoms with Gasteiger partial charge in [0.1, 0.15) is 5.82 Å². The number of benzene rings is 1. The molecule has 112 valence electrons. The predicted molar refractivity (Wildman–Crippen MR) is 85.4 cm³/mol. The molecule has 2 unspecified atom stereocenters. The lowest BCUT2D eigenvalue weighted by atomic mass is 10.1. The molecule has 0 saturated heterocycles. The van der Waals surface area contributed by atoms with Gasteiger partial charge in [-0.3, -0.25) is 4.79 Å². The number of aromatic nitrogens is 2. The largest absolute Gasteiger partial charge is 0.481 e. The van der Waals surface area contributed by atoms with Crippen molar-refractivity contribution in [3.8, 4) is 0 Å². The Morgan fingerprint density at radius 1 is 1.48 bits per heavy atom. The van der Waals surface area contributed by atoms with Gasteiger partial charge in [-0.05, 0) is 30.0 Å². The number of hydrogen-bond donors (Lipinski definition) is 1. The van der Waals surface area contributed by atoms with Crippen molar-refractivity contribution in [2.45, 2.75) is 39.7 Å². The summed E-state index contributed by atoms with van der Waals surface area (Å²) >= 11 is 3.47. The molecule has 5 heteroatoms. The summed E-state index contributed by atoms with van der Waals surface area (Å²) in [6, 6.07) is 6.06. The zero-order valence-electron chi connectivity index (χ0n) is 12.4. The van der Waals surface area contributed by atoms with Crippen LogP contribution in [0.3, 0.4) is 0 Å². The van der Waals surface area contributed by atoms with E-state index in [0.29, 0.717) is 0 Å². The Kier molecular flexibility index (Phi) is 3.35. The molecule has 0 aliphatic heterocycles. The zero-order valence-corrected chi connectivity index (χ0v) is 14.0. The Morgan fingerprint density at radius 3 is 2.76 bits per heavy atom. The average Bonchev–Trinajstić information content (AvgIpc) is 2.81. The van der Waals surface area contributed by atoms with E-state index in [9.17, 15) is 9.90 Å². The maximum Gasteiger partial charge on any atom is 0.307 e. The summed E-state index contributed by atoms with van der Waals surface area (Å²) in [6.45, 7) is 7.03. The molecule has 1 saturated carbocycles. The molecule has 1 aliphatic rings. The van der Waals surface area contributed by atoms with Gasteiger partial charge in [0.25, 0.3) is 0 Å². The number of imidazole rings is 1. The van der Waals surface area contributed by atoms with Crippen molar-refractivity contribution in [2.75, 3.05) is 0 Å². The van der Waals surface area contributed by atoms with E-state index in [1.807, 2.05) is 26.0 Å². The quantitative estimate of drug-likeness (QED) is 0.905. The van der Waals surface area contributed by atoms with E-state index >= 15 is 0 Å². The Hall–Kier alpha value is -1.36. The van der Waals surface area contributed by atoms with Crippen LogP contribution in [0.2, 0.25) is 0 Å². The number of carbonyl (C=O) groups is 1. The molecule has 2 aromatic rings. The van der Waals surface area contributed by atoms with Gasteiger partial charge in [-0.1, -0.05) is 36.7 Å². The van der Waals surface area contributed by atoms with Gasteiger partial charge >= 0.3 is 5.97 Å². The highest BCUT2D eigenvalue weighted by Gasteiger charge is 2.64. The number of aliphatic carboxylic acids is 1. The smallest absolute Gasteiger partial charge is 0.307 e. The van der Waals surface area contributed by atoms with Crippen LogP contribution in [0.15, 0.2) is 22.7 Å². The molecule has 4 nitrogen and oxygen atoms in total. The number of aryl methyl sites for hydroxylation is 1. The zero-order chi connectivity index (χ0) is 15.4. The summed E-state index contributed by atoms with van der Waals surface area (Å²) < 4.78 is 3.18. The standard InChI is InChI=1S/C16H19BrN2O2/c1-4-7-19-11-6-5-9(17)8-10(11)18-14(19)12-13(15(20)21)16(12,2)3/h5-6,8,12-13H,4,7H2,1-3H3,(H,20,21). The molecule has 1 N–H and O–H groups in total. The molecule has 1 aromatic heterocycles. The highest BCUT2D eigenvalue weighted by Crippen LogP contribution is 2.64.